The van der Waals surface area contributed by atoms with Crippen LogP contribution in [0.15, 0.2) is 24.5 Å². The van der Waals surface area contributed by atoms with Gasteiger partial charge in [-0.25, -0.2) is 4.68 Å². The number of amides is 1. The monoisotopic (exact) mass is 275 g/mol. The minimum Gasteiger partial charge on any atom is -0.480 e. The number of nitrogens with one attached hydrogen (secondary N) is 1. The second-order valence-electron chi connectivity index (χ2n) is 4.19. The minimum atomic E-state index is -1.05. The van der Waals surface area contributed by atoms with Crippen LogP contribution in [0.1, 0.15) is 21.7 Å². The molecule has 104 valence electrons. The number of pyridine rings is 1. The predicted molar refractivity (Wildman–Crippen MR) is 67.8 cm³/mol. The van der Waals surface area contributed by atoms with E-state index in [1.807, 2.05) is 19.1 Å². The average Bonchev–Trinajstić information content (AvgIpc) is 2.85. The van der Waals surface area contributed by atoms with Gasteiger partial charge in [0.1, 0.15) is 6.54 Å². The standard InChI is InChI=1S/C12H13N5O3/c1-8-2-3-9(4-13-8)5-14-12(20)10-6-17(16-15-10)7-11(18)19/h2-4,6H,5,7H2,1H3,(H,14,20)(H,18,19). The Kier molecular flexibility index (Phi) is 4.04. The Morgan fingerprint density at radius 3 is 2.85 bits per heavy atom. The van der Waals surface area contributed by atoms with E-state index >= 15 is 0 Å². The van der Waals surface area contributed by atoms with Crippen molar-refractivity contribution in [3.05, 3.63) is 41.5 Å². The van der Waals surface area contributed by atoms with Crippen molar-refractivity contribution in [1.29, 1.82) is 0 Å². The van der Waals surface area contributed by atoms with E-state index in [0.717, 1.165) is 15.9 Å². The highest BCUT2D eigenvalue weighted by Gasteiger charge is 2.11. The Hall–Kier alpha value is -2.77. The van der Waals surface area contributed by atoms with E-state index in [-0.39, 0.29) is 12.2 Å². The van der Waals surface area contributed by atoms with Crippen LogP contribution in [0.25, 0.3) is 0 Å². The van der Waals surface area contributed by atoms with Crippen molar-refractivity contribution in [1.82, 2.24) is 25.3 Å². The maximum absolute atomic E-state index is 11.8. The van der Waals surface area contributed by atoms with E-state index < -0.39 is 11.9 Å². The number of carbonyl (C=O) groups excluding carboxylic acids is 1. The molecule has 0 bridgehead atoms. The molecule has 0 atom stereocenters. The van der Waals surface area contributed by atoms with E-state index in [9.17, 15) is 9.59 Å². The molecular weight excluding hydrogens is 262 g/mol. The number of nitrogens with zero attached hydrogens (tertiary/aromatic N) is 4. The lowest BCUT2D eigenvalue weighted by Crippen LogP contribution is -2.23. The molecule has 2 N–H and O–H groups in total. The molecule has 8 nitrogen and oxygen atoms in total. The molecule has 0 radical (unpaired) electrons. The van der Waals surface area contributed by atoms with Gasteiger partial charge in [-0.2, -0.15) is 0 Å². The van der Waals surface area contributed by atoms with E-state index in [0.29, 0.717) is 6.54 Å². The topological polar surface area (TPSA) is 110 Å². The third kappa shape index (κ3) is 3.61. The lowest BCUT2D eigenvalue weighted by Gasteiger charge is -2.02. The maximum atomic E-state index is 11.8. The highest BCUT2D eigenvalue weighted by atomic mass is 16.4. The predicted octanol–water partition coefficient (Wildman–Crippen LogP) is -0.00388. The molecule has 0 aromatic carbocycles. The van der Waals surface area contributed by atoms with Crippen molar-refractivity contribution < 1.29 is 14.7 Å². The van der Waals surface area contributed by atoms with Crippen LogP contribution in [0, 0.1) is 6.92 Å². The van der Waals surface area contributed by atoms with E-state index in [1.54, 1.807) is 6.20 Å². The Morgan fingerprint density at radius 1 is 1.40 bits per heavy atom. The zero-order valence-electron chi connectivity index (χ0n) is 10.8. The highest BCUT2D eigenvalue weighted by molar-refractivity contribution is 5.91. The first-order chi connectivity index (χ1) is 9.54. The summed E-state index contributed by atoms with van der Waals surface area (Å²) in [6, 6.07) is 3.72. The average molecular weight is 275 g/mol. The zero-order valence-corrected chi connectivity index (χ0v) is 10.8. The highest BCUT2D eigenvalue weighted by Crippen LogP contribution is 2.00. The molecule has 0 saturated carbocycles. The summed E-state index contributed by atoms with van der Waals surface area (Å²) < 4.78 is 1.09. The van der Waals surface area contributed by atoms with Crippen molar-refractivity contribution in [2.75, 3.05) is 0 Å². The van der Waals surface area contributed by atoms with Crippen LogP contribution < -0.4 is 5.32 Å². The fourth-order valence-electron chi connectivity index (χ4n) is 1.49. The third-order valence-corrected chi connectivity index (χ3v) is 2.49. The summed E-state index contributed by atoms with van der Waals surface area (Å²) in [5.41, 5.74) is 1.84. The van der Waals surface area contributed by atoms with Gasteiger partial charge in [0.15, 0.2) is 5.69 Å². The molecule has 2 aromatic heterocycles. The van der Waals surface area contributed by atoms with E-state index in [2.05, 4.69) is 20.6 Å². The second-order valence-corrected chi connectivity index (χ2v) is 4.19. The SMILES string of the molecule is Cc1ccc(CNC(=O)c2cn(CC(=O)O)nn2)cn1. The summed E-state index contributed by atoms with van der Waals surface area (Å²) >= 11 is 0. The smallest absolute Gasteiger partial charge is 0.325 e. The first-order valence-electron chi connectivity index (χ1n) is 5.86. The molecule has 0 fully saturated rings. The summed E-state index contributed by atoms with van der Waals surface area (Å²) in [6.45, 7) is 1.86. The number of aliphatic carboxylic acids is 1. The Labute approximate surface area is 114 Å². The quantitative estimate of drug-likeness (QED) is 0.794. The molecule has 0 unspecified atom stereocenters. The number of aryl methyl sites for hydroxylation is 1. The molecule has 20 heavy (non-hydrogen) atoms. The molecule has 2 heterocycles. The number of hydrogen-bond acceptors (Lipinski definition) is 5. The Morgan fingerprint density at radius 2 is 2.20 bits per heavy atom. The molecule has 0 aliphatic carbocycles. The van der Waals surface area contributed by atoms with Crippen molar-refractivity contribution in [2.24, 2.45) is 0 Å². The molecule has 8 heteroatoms. The van der Waals surface area contributed by atoms with Crippen molar-refractivity contribution in [2.45, 2.75) is 20.0 Å². The summed E-state index contributed by atoms with van der Waals surface area (Å²) in [7, 11) is 0. The van der Waals surface area contributed by atoms with E-state index in [4.69, 9.17) is 5.11 Å². The van der Waals surface area contributed by atoms with Gasteiger partial charge < -0.3 is 10.4 Å². The summed E-state index contributed by atoms with van der Waals surface area (Å²) in [5.74, 6) is -1.46. The van der Waals surface area contributed by atoms with Crippen LogP contribution in [0.2, 0.25) is 0 Å². The number of carboxylic acids is 1. The van der Waals surface area contributed by atoms with Crippen LogP contribution in [-0.2, 0) is 17.9 Å². The van der Waals surface area contributed by atoms with Gasteiger partial charge in [-0.1, -0.05) is 11.3 Å². The van der Waals surface area contributed by atoms with Crippen LogP contribution >= 0.6 is 0 Å². The van der Waals surface area contributed by atoms with Gasteiger partial charge in [-0.05, 0) is 18.6 Å². The number of carboxylic acid groups (broad SMARTS) is 1. The largest absolute Gasteiger partial charge is 0.480 e. The van der Waals surface area contributed by atoms with Crippen LogP contribution in [0.4, 0.5) is 0 Å². The minimum absolute atomic E-state index is 0.0753. The molecule has 0 saturated heterocycles. The number of rotatable bonds is 5. The first-order valence-corrected chi connectivity index (χ1v) is 5.86. The number of hydrogen-bond donors (Lipinski definition) is 2. The van der Waals surface area contributed by atoms with Crippen molar-refractivity contribution >= 4 is 11.9 Å². The van der Waals surface area contributed by atoms with E-state index in [1.165, 1.54) is 6.20 Å². The number of aromatic nitrogens is 4. The first kappa shape index (κ1) is 13.7. The van der Waals surface area contributed by atoms with Gasteiger partial charge in [0.05, 0.1) is 6.20 Å². The Balaban J connectivity index is 1.93. The van der Waals surface area contributed by atoms with Gasteiger partial charge in [-0.3, -0.25) is 14.6 Å². The fraction of sp³-hybridized carbons (Fsp3) is 0.250. The second kappa shape index (κ2) is 5.91. The lowest BCUT2D eigenvalue weighted by atomic mass is 10.2. The van der Waals surface area contributed by atoms with Gasteiger partial charge in [0.25, 0.3) is 5.91 Å². The summed E-state index contributed by atoms with van der Waals surface area (Å²) in [6.07, 6.45) is 2.97. The number of carbonyl (C=O) groups is 2. The van der Waals surface area contributed by atoms with Gasteiger partial charge >= 0.3 is 5.97 Å². The normalized spacial score (nSPS) is 10.2. The summed E-state index contributed by atoms with van der Waals surface area (Å²) in [4.78, 5) is 26.4. The molecule has 2 rings (SSSR count). The summed E-state index contributed by atoms with van der Waals surface area (Å²) in [5, 5.41) is 18.4. The molecule has 0 aliphatic heterocycles. The van der Waals surface area contributed by atoms with Crippen molar-refractivity contribution in [3.63, 3.8) is 0 Å². The van der Waals surface area contributed by atoms with Gasteiger partial charge in [-0.15, -0.1) is 5.10 Å². The molecular formula is C12H13N5O3. The van der Waals surface area contributed by atoms with Crippen LogP contribution in [0.5, 0.6) is 0 Å². The van der Waals surface area contributed by atoms with Crippen LogP contribution in [-0.4, -0.2) is 37.0 Å². The molecule has 1 amide bonds. The van der Waals surface area contributed by atoms with Gasteiger partial charge in [0, 0.05) is 18.4 Å². The van der Waals surface area contributed by atoms with Crippen molar-refractivity contribution in [3.8, 4) is 0 Å². The fourth-order valence-corrected chi connectivity index (χ4v) is 1.49. The maximum Gasteiger partial charge on any atom is 0.325 e. The van der Waals surface area contributed by atoms with Crippen LogP contribution in [0.3, 0.4) is 0 Å². The third-order valence-electron chi connectivity index (χ3n) is 2.49. The molecule has 2 aromatic rings. The lowest BCUT2D eigenvalue weighted by molar-refractivity contribution is -0.137. The van der Waals surface area contributed by atoms with Gasteiger partial charge in [0.2, 0.25) is 0 Å². The zero-order chi connectivity index (χ0) is 14.5. The molecule has 0 spiro atoms. The Bertz CT molecular complexity index is 620. The molecule has 0 aliphatic rings.